The molecule has 0 spiro atoms. The summed E-state index contributed by atoms with van der Waals surface area (Å²) in [4.78, 5) is 11.4. The second-order valence-corrected chi connectivity index (χ2v) is 3.53. The maximum absolute atomic E-state index is 11.4. The van der Waals surface area contributed by atoms with E-state index in [0.717, 1.165) is 5.06 Å². The molecule has 0 radical (unpaired) electrons. The van der Waals surface area contributed by atoms with Gasteiger partial charge in [0.15, 0.2) is 5.78 Å². The van der Waals surface area contributed by atoms with Crippen molar-refractivity contribution >= 4 is 11.5 Å². The van der Waals surface area contributed by atoms with E-state index in [1.165, 1.54) is 24.4 Å². The first-order valence-corrected chi connectivity index (χ1v) is 5.05. The van der Waals surface area contributed by atoms with Gasteiger partial charge in [0.05, 0.1) is 5.69 Å². The molecule has 0 atom stereocenters. The summed E-state index contributed by atoms with van der Waals surface area (Å²) in [5.74, 6) is -0.0447. The van der Waals surface area contributed by atoms with Crippen LogP contribution in [0.4, 0.5) is 5.69 Å². The highest BCUT2D eigenvalue weighted by atomic mass is 16.5. The maximum Gasteiger partial charge on any atom is 0.187 e. The standard InChI is InChI=1S/C13H11NO3/c15-12-7-5-11(6-8-12)14(17)9-10-3-1-2-4-13(10)16/h1-9,15,17H. The minimum absolute atomic E-state index is 0.117. The smallest absolute Gasteiger partial charge is 0.187 e. The second kappa shape index (κ2) is 4.67. The Hall–Kier alpha value is -2.33. The summed E-state index contributed by atoms with van der Waals surface area (Å²) in [5, 5.41) is 19.7. The van der Waals surface area contributed by atoms with Crippen molar-refractivity contribution in [1.29, 1.82) is 0 Å². The van der Waals surface area contributed by atoms with Crippen LogP contribution in [0.2, 0.25) is 0 Å². The van der Waals surface area contributed by atoms with Gasteiger partial charge in [-0.25, -0.2) is 5.06 Å². The Morgan fingerprint density at radius 2 is 1.71 bits per heavy atom. The van der Waals surface area contributed by atoms with Gasteiger partial charge in [-0.3, -0.25) is 10.0 Å². The van der Waals surface area contributed by atoms with Crippen LogP contribution >= 0.6 is 0 Å². The van der Waals surface area contributed by atoms with E-state index in [-0.39, 0.29) is 11.5 Å². The van der Waals surface area contributed by atoms with Gasteiger partial charge in [-0.2, -0.15) is 0 Å². The van der Waals surface area contributed by atoms with E-state index < -0.39 is 0 Å². The van der Waals surface area contributed by atoms with Gasteiger partial charge in [0.2, 0.25) is 0 Å². The van der Waals surface area contributed by atoms with Crippen LogP contribution in [0.1, 0.15) is 0 Å². The van der Waals surface area contributed by atoms with Crippen LogP contribution < -0.4 is 5.06 Å². The lowest BCUT2D eigenvalue weighted by Gasteiger charge is -2.13. The van der Waals surface area contributed by atoms with Crippen molar-refractivity contribution in [2.75, 3.05) is 5.06 Å². The largest absolute Gasteiger partial charge is 0.508 e. The van der Waals surface area contributed by atoms with Gasteiger partial charge in [-0.1, -0.05) is 12.2 Å². The van der Waals surface area contributed by atoms with Crippen LogP contribution in [-0.2, 0) is 4.79 Å². The molecule has 1 aliphatic carbocycles. The number of carbonyl (C=O) groups excluding carboxylic acids is 1. The lowest BCUT2D eigenvalue weighted by Crippen LogP contribution is -2.12. The van der Waals surface area contributed by atoms with E-state index >= 15 is 0 Å². The molecule has 0 aliphatic heterocycles. The number of benzene rings is 1. The number of carbonyl (C=O) groups is 1. The third-order valence-corrected chi connectivity index (χ3v) is 2.29. The normalized spacial score (nSPS) is 16.5. The van der Waals surface area contributed by atoms with Crippen molar-refractivity contribution < 1.29 is 15.1 Å². The first kappa shape index (κ1) is 11.2. The molecular formula is C13H11NO3. The number of hydrogen-bond donors (Lipinski definition) is 2. The van der Waals surface area contributed by atoms with Crippen LogP contribution in [0.25, 0.3) is 0 Å². The molecule has 17 heavy (non-hydrogen) atoms. The fourth-order valence-electron chi connectivity index (χ4n) is 1.40. The average Bonchev–Trinajstić information content (AvgIpc) is 2.33. The molecule has 0 amide bonds. The number of aromatic hydroxyl groups is 1. The lowest BCUT2D eigenvalue weighted by molar-refractivity contribution is -0.111. The number of phenolic OH excluding ortho intramolecular Hbond substituents is 1. The number of allylic oxidation sites excluding steroid dienone is 5. The number of nitrogens with zero attached hydrogens (tertiary/aromatic N) is 1. The molecule has 0 aromatic heterocycles. The van der Waals surface area contributed by atoms with Crippen molar-refractivity contribution in [3.63, 3.8) is 0 Å². The van der Waals surface area contributed by atoms with Crippen molar-refractivity contribution in [3.05, 3.63) is 60.3 Å². The van der Waals surface area contributed by atoms with Gasteiger partial charge in [0, 0.05) is 11.8 Å². The molecule has 0 bridgehead atoms. The zero-order valence-corrected chi connectivity index (χ0v) is 8.95. The summed E-state index contributed by atoms with van der Waals surface area (Å²) >= 11 is 0. The van der Waals surface area contributed by atoms with E-state index in [9.17, 15) is 10.0 Å². The van der Waals surface area contributed by atoms with Crippen LogP contribution in [-0.4, -0.2) is 16.1 Å². The number of hydroxylamine groups is 1. The van der Waals surface area contributed by atoms with E-state index in [1.807, 2.05) is 0 Å². The Bertz CT molecular complexity index is 512. The Morgan fingerprint density at radius 1 is 1.06 bits per heavy atom. The Balaban J connectivity index is 2.21. The van der Waals surface area contributed by atoms with Gasteiger partial charge in [-0.15, -0.1) is 0 Å². The predicted molar refractivity (Wildman–Crippen MR) is 63.7 cm³/mol. The summed E-state index contributed by atoms with van der Waals surface area (Å²) in [6.07, 6.45) is 7.73. The van der Waals surface area contributed by atoms with Crippen LogP contribution in [0, 0.1) is 0 Å². The quantitative estimate of drug-likeness (QED) is 0.602. The summed E-state index contributed by atoms with van der Waals surface area (Å²) in [5.41, 5.74) is 0.856. The highest BCUT2D eigenvalue weighted by Crippen LogP contribution is 2.18. The Kier molecular flexibility index (Phi) is 3.07. The summed E-state index contributed by atoms with van der Waals surface area (Å²) in [6, 6.07) is 5.99. The molecule has 0 saturated carbocycles. The highest BCUT2D eigenvalue weighted by molar-refractivity contribution is 6.07. The second-order valence-electron chi connectivity index (χ2n) is 3.53. The SMILES string of the molecule is O=C1C=CC=CC1=CN(O)c1ccc(O)cc1. The minimum Gasteiger partial charge on any atom is -0.508 e. The number of hydrogen-bond acceptors (Lipinski definition) is 4. The third-order valence-electron chi connectivity index (χ3n) is 2.29. The van der Waals surface area contributed by atoms with E-state index in [4.69, 9.17) is 5.11 Å². The van der Waals surface area contributed by atoms with Gasteiger partial charge in [-0.05, 0) is 36.4 Å². The summed E-state index contributed by atoms with van der Waals surface area (Å²) in [7, 11) is 0. The van der Waals surface area contributed by atoms with E-state index in [0.29, 0.717) is 11.3 Å². The molecule has 4 nitrogen and oxygen atoms in total. The first-order chi connectivity index (χ1) is 8.16. The molecule has 0 unspecified atom stereocenters. The van der Waals surface area contributed by atoms with Crippen LogP contribution in [0.3, 0.4) is 0 Å². The number of anilines is 1. The highest BCUT2D eigenvalue weighted by Gasteiger charge is 2.08. The molecule has 86 valence electrons. The Labute approximate surface area is 98.4 Å². The minimum atomic E-state index is -0.162. The maximum atomic E-state index is 11.4. The topological polar surface area (TPSA) is 60.8 Å². The van der Waals surface area contributed by atoms with Crippen LogP contribution in [0.5, 0.6) is 5.75 Å². The number of phenols is 1. The monoisotopic (exact) mass is 229 g/mol. The molecule has 1 aromatic rings. The van der Waals surface area contributed by atoms with Crippen molar-refractivity contribution in [2.45, 2.75) is 0 Å². The zero-order valence-electron chi connectivity index (χ0n) is 8.95. The first-order valence-electron chi connectivity index (χ1n) is 5.05. The molecule has 4 heteroatoms. The third kappa shape index (κ3) is 2.62. The van der Waals surface area contributed by atoms with E-state index in [1.54, 1.807) is 30.4 Å². The Morgan fingerprint density at radius 3 is 2.35 bits per heavy atom. The van der Waals surface area contributed by atoms with Gasteiger partial charge in [0.25, 0.3) is 0 Å². The van der Waals surface area contributed by atoms with Crippen molar-refractivity contribution in [2.24, 2.45) is 0 Å². The van der Waals surface area contributed by atoms with Crippen LogP contribution in [0.15, 0.2) is 60.3 Å². The van der Waals surface area contributed by atoms with E-state index in [2.05, 4.69) is 0 Å². The fourth-order valence-corrected chi connectivity index (χ4v) is 1.40. The van der Waals surface area contributed by atoms with Gasteiger partial charge >= 0.3 is 0 Å². The lowest BCUT2D eigenvalue weighted by atomic mass is 10.1. The molecule has 2 rings (SSSR count). The average molecular weight is 229 g/mol. The number of ketones is 1. The molecular weight excluding hydrogens is 218 g/mol. The molecule has 0 heterocycles. The molecule has 1 aromatic carbocycles. The fraction of sp³-hybridized carbons (Fsp3) is 0. The van der Waals surface area contributed by atoms with Gasteiger partial charge in [0.1, 0.15) is 5.75 Å². The molecule has 0 fully saturated rings. The van der Waals surface area contributed by atoms with Crippen molar-refractivity contribution in [3.8, 4) is 5.75 Å². The predicted octanol–water partition coefficient (Wildman–Crippen LogP) is 2.17. The molecule has 2 N–H and O–H groups in total. The molecule has 1 aliphatic rings. The number of rotatable bonds is 2. The van der Waals surface area contributed by atoms with Gasteiger partial charge < -0.3 is 5.11 Å². The summed E-state index contributed by atoms with van der Waals surface area (Å²) in [6.45, 7) is 0. The molecule has 0 saturated heterocycles. The zero-order chi connectivity index (χ0) is 12.3. The van der Waals surface area contributed by atoms with Crippen molar-refractivity contribution in [1.82, 2.24) is 0 Å². The summed E-state index contributed by atoms with van der Waals surface area (Å²) < 4.78 is 0.